The van der Waals surface area contributed by atoms with Crippen molar-refractivity contribution in [3.8, 4) is 0 Å². The number of carbonyl (C=O) groups excluding carboxylic acids is 1. The van der Waals surface area contributed by atoms with Crippen LogP contribution in [-0.4, -0.2) is 35.0 Å². The maximum atomic E-state index is 13.0. The highest BCUT2D eigenvalue weighted by molar-refractivity contribution is 6.07. The second kappa shape index (κ2) is 7.08. The molecule has 0 aliphatic carbocycles. The summed E-state index contributed by atoms with van der Waals surface area (Å²) in [7, 11) is 0. The van der Waals surface area contributed by atoms with Crippen molar-refractivity contribution in [1.29, 1.82) is 0 Å². The lowest BCUT2D eigenvalue weighted by atomic mass is 10.0. The molecule has 0 atom stereocenters. The Kier molecular flexibility index (Phi) is 4.62. The van der Waals surface area contributed by atoms with Gasteiger partial charge in [-0.25, -0.2) is 4.39 Å². The maximum Gasteiger partial charge on any atom is 0.254 e. The second-order valence-electron chi connectivity index (χ2n) is 7.05. The van der Waals surface area contributed by atoms with Crippen molar-refractivity contribution in [2.75, 3.05) is 13.1 Å². The summed E-state index contributed by atoms with van der Waals surface area (Å²) in [6.45, 7) is 5.46. The first-order valence-corrected chi connectivity index (χ1v) is 9.03. The van der Waals surface area contributed by atoms with Crippen LogP contribution in [0.5, 0.6) is 0 Å². The molecule has 0 unspecified atom stereocenters. The van der Waals surface area contributed by atoms with E-state index in [1.54, 1.807) is 17.0 Å². The van der Waals surface area contributed by atoms with Crippen LogP contribution in [0.2, 0.25) is 0 Å². The Morgan fingerprint density at radius 3 is 2.67 bits per heavy atom. The fraction of sp³-hybridized carbons (Fsp3) is 0.273. The van der Waals surface area contributed by atoms with Crippen LogP contribution in [0.15, 0.2) is 48.5 Å². The van der Waals surface area contributed by atoms with E-state index in [0.29, 0.717) is 25.3 Å². The summed E-state index contributed by atoms with van der Waals surface area (Å²) in [4.78, 5) is 19.3. The highest BCUT2D eigenvalue weighted by Crippen LogP contribution is 2.25. The van der Waals surface area contributed by atoms with E-state index in [2.05, 4.69) is 4.98 Å². The summed E-state index contributed by atoms with van der Waals surface area (Å²) >= 11 is 0. The lowest BCUT2D eigenvalue weighted by Crippen LogP contribution is -2.54. The fourth-order valence-electron chi connectivity index (χ4n) is 3.37. The molecule has 1 fully saturated rings. The average Bonchev–Trinajstić information content (AvgIpc) is 2.62. The van der Waals surface area contributed by atoms with Gasteiger partial charge in [-0.15, -0.1) is 0 Å². The number of aromatic nitrogens is 1. The van der Waals surface area contributed by atoms with Crippen molar-refractivity contribution in [3.05, 3.63) is 76.7 Å². The van der Waals surface area contributed by atoms with Gasteiger partial charge >= 0.3 is 0 Å². The number of halogens is 1. The topological polar surface area (TPSA) is 42.4 Å². The number of aryl methyl sites for hydroxylation is 2. The third kappa shape index (κ3) is 3.55. The summed E-state index contributed by atoms with van der Waals surface area (Å²) in [5, 5.41) is 0.890. The van der Waals surface area contributed by atoms with Gasteiger partial charge in [-0.1, -0.05) is 30.3 Å². The Bertz CT molecular complexity index is 995. The number of amides is 1. The minimum absolute atomic E-state index is 0.00920. The van der Waals surface area contributed by atoms with Gasteiger partial charge in [0.2, 0.25) is 0 Å². The molecule has 3 aromatic rings. The van der Waals surface area contributed by atoms with Gasteiger partial charge in [0, 0.05) is 24.2 Å². The predicted octanol–water partition coefficient (Wildman–Crippen LogP) is 4.03. The van der Waals surface area contributed by atoms with Crippen LogP contribution >= 0.6 is 0 Å². The van der Waals surface area contributed by atoms with E-state index in [9.17, 15) is 9.18 Å². The molecule has 1 saturated heterocycles. The largest absolute Gasteiger partial charge is 0.370 e. The van der Waals surface area contributed by atoms with Crippen molar-refractivity contribution >= 4 is 16.8 Å². The molecule has 5 heteroatoms. The number of carbonyl (C=O) groups is 1. The number of para-hydroxylation sites is 1. The van der Waals surface area contributed by atoms with Gasteiger partial charge in [0.1, 0.15) is 5.82 Å². The normalized spacial score (nSPS) is 14.4. The summed E-state index contributed by atoms with van der Waals surface area (Å²) in [5.74, 6) is -0.244. The van der Waals surface area contributed by atoms with Crippen LogP contribution in [0.4, 0.5) is 4.39 Å². The van der Waals surface area contributed by atoms with Crippen LogP contribution in [0.3, 0.4) is 0 Å². The molecule has 2 heterocycles. The zero-order valence-electron chi connectivity index (χ0n) is 15.4. The molecule has 4 rings (SSSR count). The average molecular weight is 364 g/mol. The number of rotatable bonds is 4. The van der Waals surface area contributed by atoms with Crippen molar-refractivity contribution in [2.45, 2.75) is 26.6 Å². The second-order valence-corrected chi connectivity index (χ2v) is 7.05. The minimum Gasteiger partial charge on any atom is -0.370 e. The smallest absolute Gasteiger partial charge is 0.254 e. The molecule has 1 amide bonds. The first-order valence-electron chi connectivity index (χ1n) is 9.03. The van der Waals surface area contributed by atoms with E-state index < -0.39 is 0 Å². The number of hydrogen-bond acceptors (Lipinski definition) is 3. The summed E-state index contributed by atoms with van der Waals surface area (Å²) < 4.78 is 18.8. The molecule has 2 aromatic carbocycles. The summed E-state index contributed by atoms with van der Waals surface area (Å²) in [6.07, 6.45) is 0.00920. The van der Waals surface area contributed by atoms with E-state index in [-0.39, 0.29) is 17.8 Å². The SMILES string of the molecule is Cc1cc(C(=O)N2CC(OCc3ccc(F)cc3)C2)c2cccc(C)c2n1. The standard InChI is InChI=1S/C22H21FN2O2/c1-14-4-3-5-19-20(10-15(2)24-21(14)19)22(26)25-11-18(12-25)27-13-16-6-8-17(23)9-7-16/h3-10,18H,11-13H2,1-2H3. The third-order valence-electron chi connectivity index (χ3n) is 4.93. The van der Waals surface area contributed by atoms with Crippen molar-refractivity contribution < 1.29 is 13.9 Å². The summed E-state index contributed by atoms with van der Waals surface area (Å²) in [6, 6.07) is 14.0. The molecule has 0 N–H and O–H groups in total. The first kappa shape index (κ1) is 17.6. The number of ether oxygens (including phenoxy) is 1. The predicted molar refractivity (Wildman–Crippen MR) is 102 cm³/mol. The van der Waals surface area contributed by atoms with Crippen molar-refractivity contribution in [2.24, 2.45) is 0 Å². The van der Waals surface area contributed by atoms with Gasteiger partial charge in [0.25, 0.3) is 5.91 Å². The molecule has 1 aliphatic heterocycles. The summed E-state index contributed by atoms with van der Waals surface area (Å²) in [5.41, 5.74) is 4.40. The zero-order valence-corrected chi connectivity index (χ0v) is 15.4. The Morgan fingerprint density at radius 2 is 1.93 bits per heavy atom. The first-order chi connectivity index (χ1) is 13.0. The Labute approximate surface area is 157 Å². The molecule has 0 spiro atoms. The van der Waals surface area contributed by atoms with Gasteiger partial charge in [-0.3, -0.25) is 9.78 Å². The Morgan fingerprint density at radius 1 is 1.19 bits per heavy atom. The quantitative estimate of drug-likeness (QED) is 0.702. The van der Waals surface area contributed by atoms with Gasteiger partial charge in [0.05, 0.1) is 23.8 Å². The Balaban J connectivity index is 1.43. The van der Waals surface area contributed by atoms with Gasteiger partial charge in [0.15, 0.2) is 0 Å². The number of nitrogens with zero attached hydrogens (tertiary/aromatic N) is 2. The maximum absolute atomic E-state index is 13.0. The lowest BCUT2D eigenvalue weighted by molar-refractivity contribution is -0.0502. The zero-order chi connectivity index (χ0) is 19.0. The van der Waals surface area contributed by atoms with Crippen molar-refractivity contribution in [1.82, 2.24) is 9.88 Å². The van der Waals surface area contributed by atoms with Crippen LogP contribution in [0, 0.1) is 19.7 Å². The van der Waals surface area contributed by atoms with E-state index in [1.807, 2.05) is 38.1 Å². The monoisotopic (exact) mass is 364 g/mol. The molecule has 0 bridgehead atoms. The number of pyridine rings is 1. The highest BCUT2D eigenvalue weighted by Gasteiger charge is 2.32. The van der Waals surface area contributed by atoms with E-state index in [4.69, 9.17) is 4.74 Å². The van der Waals surface area contributed by atoms with E-state index in [0.717, 1.165) is 27.7 Å². The molecule has 0 saturated carbocycles. The molecular weight excluding hydrogens is 343 g/mol. The number of benzene rings is 2. The fourth-order valence-corrected chi connectivity index (χ4v) is 3.37. The molecule has 1 aliphatic rings. The van der Waals surface area contributed by atoms with Gasteiger partial charge < -0.3 is 9.64 Å². The highest BCUT2D eigenvalue weighted by atomic mass is 19.1. The molecule has 0 radical (unpaired) electrons. The van der Waals surface area contributed by atoms with Crippen LogP contribution in [0.1, 0.15) is 27.2 Å². The molecule has 27 heavy (non-hydrogen) atoms. The van der Waals surface area contributed by atoms with E-state index >= 15 is 0 Å². The molecule has 1 aromatic heterocycles. The van der Waals surface area contributed by atoms with E-state index in [1.165, 1.54) is 12.1 Å². The van der Waals surface area contributed by atoms with Crippen LogP contribution < -0.4 is 0 Å². The van der Waals surface area contributed by atoms with Crippen LogP contribution in [-0.2, 0) is 11.3 Å². The molecule has 4 nitrogen and oxygen atoms in total. The third-order valence-corrected chi connectivity index (χ3v) is 4.93. The number of fused-ring (bicyclic) bond motifs is 1. The molecular formula is C22H21FN2O2. The number of hydrogen-bond donors (Lipinski definition) is 0. The van der Waals surface area contributed by atoms with Gasteiger partial charge in [-0.05, 0) is 43.2 Å². The van der Waals surface area contributed by atoms with Crippen molar-refractivity contribution in [3.63, 3.8) is 0 Å². The minimum atomic E-state index is -0.255. The number of likely N-dealkylation sites (tertiary alicyclic amines) is 1. The molecule has 138 valence electrons. The Hall–Kier alpha value is -2.79. The lowest BCUT2D eigenvalue weighted by Gasteiger charge is -2.39. The van der Waals surface area contributed by atoms with Crippen LogP contribution in [0.25, 0.3) is 10.9 Å². The van der Waals surface area contributed by atoms with Gasteiger partial charge in [-0.2, -0.15) is 0 Å².